The highest BCUT2D eigenvalue weighted by molar-refractivity contribution is 7.90. The van der Waals surface area contributed by atoms with Gasteiger partial charge < -0.3 is 19.8 Å². The number of anilines is 1. The summed E-state index contributed by atoms with van der Waals surface area (Å²) in [6.45, 7) is 0. The van der Waals surface area contributed by atoms with E-state index < -0.39 is 15.9 Å². The van der Waals surface area contributed by atoms with E-state index in [4.69, 9.17) is 9.47 Å². The Kier molecular flexibility index (Phi) is 7.12. The number of methoxy groups -OCH3 is 2. The molecule has 0 fully saturated rings. The molecule has 1 heterocycles. The molecule has 3 aromatic carbocycles. The van der Waals surface area contributed by atoms with Crippen LogP contribution >= 0.6 is 0 Å². The molecule has 0 amide bonds. The molecule has 0 bridgehead atoms. The molecule has 0 saturated carbocycles. The maximum Gasteiger partial charge on any atom is 0.191 e. The van der Waals surface area contributed by atoms with Gasteiger partial charge in [0.1, 0.15) is 27.4 Å². The van der Waals surface area contributed by atoms with Crippen LogP contribution in [0.15, 0.2) is 72.9 Å². The largest absolute Gasteiger partial charge is 0.497 e. The Morgan fingerprint density at radius 3 is 2.29 bits per heavy atom. The summed E-state index contributed by atoms with van der Waals surface area (Å²) in [5, 5.41) is 4.11. The summed E-state index contributed by atoms with van der Waals surface area (Å²) in [6.07, 6.45) is 3.29. The van der Waals surface area contributed by atoms with E-state index in [9.17, 15) is 13.2 Å². The molecule has 0 aliphatic rings. The van der Waals surface area contributed by atoms with Crippen LogP contribution in [0.3, 0.4) is 0 Å². The number of H-pyrrole nitrogens is 1. The number of ketones is 1. The smallest absolute Gasteiger partial charge is 0.191 e. The maximum atomic E-state index is 13.9. The average molecular weight is 493 g/mol. The Hall–Kier alpha value is -3.78. The van der Waals surface area contributed by atoms with Gasteiger partial charge in [0, 0.05) is 52.8 Å². The lowest BCUT2D eigenvalue weighted by molar-refractivity contribution is 0.0971. The third kappa shape index (κ3) is 5.66. The third-order valence-corrected chi connectivity index (χ3v) is 6.81. The minimum Gasteiger partial charge on any atom is -0.497 e. The molecule has 0 aliphatic carbocycles. The molecule has 1 unspecified atom stereocenters. The van der Waals surface area contributed by atoms with Crippen LogP contribution in [-0.4, -0.2) is 45.4 Å². The van der Waals surface area contributed by atoms with Crippen molar-refractivity contribution in [2.45, 2.75) is 12.5 Å². The summed E-state index contributed by atoms with van der Waals surface area (Å²) < 4.78 is 34.1. The van der Waals surface area contributed by atoms with Crippen molar-refractivity contribution in [3.8, 4) is 11.5 Å². The second kappa shape index (κ2) is 10.2. The summed E-state index contributed by atoms with van der Waals surface area (Å²) >= 11 is 0. The first-order chi connectivity index (χ1) is 16.8. The first kappa shape index (κ1) is 24.3. The number of sulfone groups is 1. The molecule has 4 rings (SSSR count). The van der Waals surface area contributed by atoms with E-state index in [1.807, 2.05) is 60.7 Å². The number of ether oxygens (including phenoxy) is 2. The van der Waals surface area contributed by atoms with Crippen LogP contribution in [0.4, 0.5) is 5.69 Å². The van der Waals surface area contributed by atoms with Crippen molar-refractivity contribution in [2.75, 3.05) is 31.5 Å². The molecule has 0 radical (unpaired) electrons. The summed E-state index contributed by atoms with van der Waals surface area (Å²) in [6, 6.07) is 19.8. The van der Waals surface area contributed by atoms with Crippen LogP contribution in [0.5, 0.6) is 11.5 Å². The Balaban J connectivity index is 1.73. The van der Waals surface area contributed by atoms with Crippen LogP contribution < -0.4 is 14.8 Å². The van der Waals surface area contributed by atoms with E-state index in [0.29, 0.717) is 29.2 Å². The zero-order chi connectivity index (χ0) is 25.0. The van der Waals surface area contributed by atoms with Gasteiger partial charge in [-0.15, -0.1) is 0 Å². The predicted octanol–water partition coefficient (Wildman–Crippen LogP) is 4.81. The molecule has 8 heteroatoms. The summed E-state index contributed by atoms with van der Waals surface area (Å²) in [5.74, 6) is 1.13. The number of aromatic amines is 1. The number of nitrogens with one attached hydrogen (secondary N) is 2. The van der Waals surface area contributed by atoms with Gasteiger partial charge in [-0.3, -0.25) is 4.79 Å². The number of carbonyl (C=O) groups is 1. The van der Waals surface area contributed by atoms with Gasteiger partial charge >= 0.3 is 0 Å². The molecular weight excluding hydrogens is 464 g/mol. The second-order valence-corrected chi connectivity index (χ2v) is 10.6. The molecule has 0 spiro atoms. The number of para-hydroxylation sites is 1. The number of hydrogen-bond donors (Lipinski definition) is 2. The number of fused-ring (bicyclic) bond motifs is 1. The predicted molar refractivity (Wildman–Crippen MR) is 138 cm³/mol. The van der Waals surface area contributed by atoms with Crippen LogP contribution in [-0.2, 0) is 16.3 Å². The number of carbonyl (C=O) groups excluding carboxylic acids is 1. The van der Waals surface area contributed by atoms with Gasteiger partial charge in [0.15, 0.2) is 5.78 Å². The molecule has 2 N–H and O–H groups in total. The summed E-state index contributed by atoms with van der Waals surface area (Å²) in [5.41, 5.74) is 3.64. The molecule has 7 nitrogen and oxygen atoms in total. The number of aromatic nitrogens is 1. The first-order valence-corrected chi connectivity index (χ1v) is 13.2. The molecule has 182 valence electrons. The van der Waals surface area contributed by atoms with E-state index >= 15 is 0 Å². The van der Waals surface area contributed by atoms with Crippen molar-refractivity contribution >= 4 is 32.2 Å². The fourth-order valence-electron chi connectivity index (χ4n) is 4.08. The standard InChI is InChI=1S/C27H28N2O5S/c1-33-21-14-20(15-22(16-21)34-2)29-26(18-8-5-4-6-9-18)27(30)24-17-28-25-19(10-7-11-23(24)25)12-13-35(3,31)32/h4-11,14-17,26,28-29H,12-13H2,1-3H3. The van der Waals surface area contributed by atoms with E-state index in [2.05, 4.69) is 10.3 Å². The fourth-order valence-corrected chi connectivity index (χ4v) is 4.67. The first-order valence-electron chi connectivity index (χ1n) is 11.1. The number of rotatable bonds is 10. The highest BCUT2D eigenvalue weighted by Crippen LogP contribution is 2.32. The van der Waals surface area contributed by atoms with Gasteiger partial charge in [-0.25, -0.2) is 8.42 Å². The van der Waals surface area contributed by atoms with Gasteiger partial charge in [-0.1, -0.05) is 48.5 Å². The van der Waals surface area contributed by atoms with Crippen molar-refractivity contribution in [1.29, 1.82) is 0 Å². The lowest BCUT2D eigenvalue weighted by Crippen LogP contribution is -2.21. The number of aryl methyl sites for hydroxylation is 1. The lowest BCUT2D eigenvalue weighted by Gasteiger charge is -2.20. The molecule has 0 saturated heterocycles. The highest BCUT2D eigenvalue weighted by atomic mass is 32.2. The monoisotopic (exact) mass is 492 g/mol. The van der Waals surface area contributed by atoms with Crippen LogP contribution in [0.1, 0.15) is 27.5 Å². The number of Topliss-reactive ketones (excluding diaryl/α,β-unsaturated/α-hetero) is 1. The maximum absolute atomic E-state index is 13.9. The zero-order valence-corrected chi connectivity index (χ0v) is 20.7. The quantitative estimate of drug-likeness (QED) is 0.309. The molecule has 1 atom stereocenters. The SMILES string of the molecule is COc1cc(NC(C(=O)c2c[nH]c3c(CCS(C)(=O)=O)cccc23)c2ccccc2)cc(OC)c1. The summed E-state index contributed by atoms with van der Waals surface area (Å²) in [7, 11) is 0.0428. The molecule has 4 aromatic rings. The molecule has 0 aliphatic heterocycles. The van der Waals surface area contributed by atoms with E-state index in [-0.39, 0.29) is 11.5 Å². The van der Waals surface area contributed by atoms with Gasteiger partial charge in [0.05, 0.1) is 20.0 Å². The van der Waals surface area contributed by atoms with Gasteiger partial charge in [0.25, 0.3) is 0 Å². The van der Waals surface area contributed by atoms with Crippen molar-refractivity contribution in [1.82, 2.24) is 4.98 Å². The Labute approximate surface area is 205 Å². The van der Waals surface area contributed by atoms with Gasteiger partial charge in [-0.2, -0.15) is 0 Å². The average Bonchev–Trinajstić information content (AvgIpc) is 3.30. The summed E-state index contributed by atoms with van der Waals surface area (Å²) in [4.78, 5) is 17.1. The van der Waals surface area contributed by atoms with E-state index in [0.717, 1.165) is 22.0 Å². The Morgan fingerprint density at radius 2 is 1.66 bits per heavy atom. The van der Waals surface area contributed by atoms with Crippen LogP contribution in [0, 0.1) is 0 Å². The van der Waals surface area contributed by atoms with Gasteiger partial charge in [-0.05, 0) is 17.5 Å². The lowest BCUT2D eigenvalue weighted by atomic mass is 9.96. The highest BCUT2D eigenvalue weighted by Gasteiger charge is 2.25. The number of hydrogen-bond acceptors (Lipinski definition) is 6. The van der Waals surface area contributed by atoms with Crippen LogP contribution in [0.2, 0.25) is 0 Å². The van der Waals surface area contributed by atoms with Crippen molar-refractivity contribution in [3.05, 3.63) is 89.6 Å². The van der Waals surface area contributed by atoms with Gasteiger partial charge in [0.2, 0.25) is 0 Å². The number of benzene rings is 3. The Morgan fingerprint density at radius 1 is 0.971 bits per heavy atom. The fraction of sp³-hybridized carbons (Fsp3) is 0.222. The van der Waals surface area contributed by atoms with Crippen LogP contribution in [0.25, 0.3) is 10.9 Å². The minimum absolute atomic E-state index is 0.0419. The normalized spacial score (nSPS) is 12.3. The van der Waals surface area contributed by atoms with Crippen molar-refractivity contribution < 1.29 is 22.7 Å². The zero-order valence-electron chi connectivity index (χ0n) is 19.9. The molecular formula is C27H28N2O5S. The van der Waals surface area contributed by atoms with Crippen molar-refractivity contribution in [3.63, 3.8) is 0 Å². The topological polar surface area (TPSA) is 97.5 Å². The Bertz CT molecular complexity index is 1420. The molecule has 35 heavy (non-hydrogen) atoms. The molecule has 1 aromatic heterocycles. The minimum atomic E-state index is -3.11. The third-order valence-electron chi connectivity index (χ3n) is 5.87. The van der Waals surface area contributed by atoms with Crippen molar-refractivity contribution in [2.24, 2.45) is 0 Å². The van der Waals surface area contributed by atoms with E-state index in [1.54, 1.807) is 26.5 Å². The second-order valence-electron chi connectivity index (χ2n) is 8.38. The van der Waals surface area contributed by atoms with E-state index in [1.165, 1.54) is 6.26 Å².